The number of hydrogen-bond acceptors (Lipinski definition) is 4. The molecule has 0 aliphatic carbocycles. The molecule has 1 aromatic carbocycles. The zero-order valence-electron chi connectivity index (χ0n) is 14.4. The number of ether oxygens (including phenoxy) is 1. The molecule has 2 amide bonds. The molecular formula is C17H26ClN3O3. The van der Waals surface area contributed by atoms with Gasteiger partial charge in [0.1, 0.15) is 5.75 Å². The fourth-order valence-electron chi connectivity index (χ4n) is 2.75. The minimum Gasteiger partial charge on any atom is -0.497 e. The number of amides is 2. The van der Waals surface area contributed by atoms with Gasteiger partial charge in [-0.2, -0.15) is 0 Å². The maximum Gasteiger partial charge on any atom is 0.253 e. The predicted octanol–water partition coefficient (Wildman–Crippen LogP) is 1.26. The van der Waals surface area contributed by atoms with Crippen LogP contribution in [0.5, 0.6) is 5.75 Å². The van der Waals surface area contributed by atoms with Crippen molar-refractivity contribution >= 4 is 24.2 Å². The highest BCUT2D eigenvalue weighted by Gasteiger charge is 2.27. The van der Waals surface area contributed by atoms with E-state index < -0.39 is 0 Å². The highest BCUT2D eigenvalue weighted by molar-refractivity contribution is 5.94. The Balaban J connectivity index is 0.00000288. The molecule has 1 N–H and O–H groups in total. The van der Waals surface area contributed by atoms with Gasteiger partial charge >= 0.3 is 0 Å². The van der Waals surface area contributed by atoms with E-state index in [2.05, 4.69) is 5.32 Å². The molecule has 134 valence electrons. The molecule has 1 saturated heterocycles. The van der Waals surface area contributed by atoms with Crippen LogP contribution in [-0.4, -0.2) is 68.5 Å². The number of carbonyl (C=O) groups excluding carboxylic acids is 2. The van der Waals surface area contributed by atoms with Crippen LogP contribution in [0.4, 0.5) is 0 Å². The fourth-order valence-corrected chi connectivity index (χ4v) is 2.75. The molecule has 2 rings (SSSR count). The maximum atomic E-state index is 12.5. The molecule has 24 heavy (non-hydrogen) atoms. The van der Waals surface area contributed by atoms with Gasteiger partial charge < -0.3 is 19.9 Å². The minimum atomic E-state index is -0.0381. The van der Waals surface area contributed by atoms with Crippen molar-refractivity contribution in [3.8, 4) is 5.75 Å². The first-order valence-corrected chi connectivity index (χ1v) is 7.93. The first-order valence-electron chi connectivity index (χ1n) is 7.93. The van der Waals surface area contributed by atoms with Crippen molar-refractivity contribution in [2.24, 2.45) is 5.92 Å². The van der Waals surface area contributed by atoms with Gasteiger partial charge in [-0.25, -0.2) is 0 Å². The van der Waals surface area contributed by atoms with Crippen molar-refractivity contribution in [2.45, 2.75) is 6.92 Å². The van der Waals surface area contributed by atoms with E-state index in [1.54, 1.807) is 36.3 Å². The molecular weight excluding hydrogens is 330 g/mol. The van der Waals surface area contributed by atoms with Crippen LogP contribution in [0.15, 0.2) is 24.3 Å². The number of rotatable bonds is 5. The van der Waals surface area contributed by atoms with Crippen molar-refractivity contribution < 1.29 is 14.3 Å². The van der Waals surface area contributed by atoms with Crippen LogP contribution in [0.3, 0.4) is 0 Å². The van der Waals surface area contributed by atoms with Crippen molar-refractivity contribution in [2.75, 3.05) is 46.9 Å². The van der Waals surface area contributed by atoms with Crippen LogP contribution in [0.2, 0.25) is 0 Å². The van der Waals surface area contributed by atoms with E-state index in [0.29, 0.717) is 38.3 Å². The summed E-state index contributed by atoms with van der Waals surface area (Å²) in [6, 6.07) is 7.11. The number of nitrogens with one attached hydrogen (secondary N) is 1. The summed E-state index contributed by atoms with van der Waals surface area (Å²) in [4.78, 5) is 28.4. The normalized spacial score (nSPS) is 15.5. The Labute approximate surface area is 149 Å². The third-order valence-corrected chi connectivity index (χ3v) is 4.15. The Morgan fingerprint density at radius 2 is 1.67 bits per heavy atom. The maximum absolute atomic E-state index is 12.5. The van der Waals surface area contributed by atoms with Gasteiger partial charge in [-0.1, -0.05) is 6.92 Å². The number of nitrogens with zero attached hydrogens (tertiary/aromatic N) is 2. The average molecular weight is 356 g/mol. The molecule has 1 aliphatic rings. The Morgan fingerprint density at radius 3 is 2.17 bits per heavy atom. The monoisotopic (exact) mass is 355 g/mol. The third-order valence-electron chi connectivity index (χ3n) is 4.15. The Bertz CT molecular complexity index is 543. The van der Waals surface area contributed by atoms with Gasteiger partial charge in [0.2, 0.25) is 5.91 Å². The zero-order chi connectivity index (χ0) is 16.8. The van der Waals surface area contributed by atoms with Crippen LogP contribution in [0, 0.1) is 5.92 Å². The van der Waals surface area contributed by atoms with Gasteiger partial charge in [0, 0.05) is 44.2 Å². The van der Waals surface area contributed by atoms with E-state index in [1.165, 1.54) is 0 Å². The van der Waals surface area contributed by atoms with Gasteiger partial charge in [0.05, 0.1) is 7.11 Å². The highest BCUT2D eigenvalue weighted by atomic mass is 35.5. The Morgan fingerprint density at radius 1 is 1.12 bits per heavy atom. The molecule has 0 aromatic heterocycles. The first-order chi connectivity index (χ1) is 11.1. The van der Waals surface area contributed by atoms with E-state index in [-0.39, 0.29) is 30.1 Å². The Kier molecular flexibility index (Phi) is 8.01. The SMILES string of the molecule is CNCC(C)C(=O)N1CCN(C(=O)c2ccc(OC)cc2)CC1.Cl. The number of piperazine rings is 1. The second-order valence-electron chi connectivity index (χ2n) is 5.80. The molecule has 0 radical (unpaired) electrons. The summed E-state index contributed by atoms with van der Waals surface area (Å²) in [7, 11) is 3.44. The molecule has 1 heterocycles. The van der Waals surface area contributed by atoms with Gasteiger partial charge in [0.15, 0.2) is 0 Å². The molecule has 1 aromatic rings. The number of halogens is 1. The van der Waals surface area contributed by atoms with Gasteiger partial charge in [-0.15, -0.1) is 12.4 Å². The summed E-state index contributed by atoms with van der Waals surface area (Å²) < 4.78 is 5.10. The van der Waals surface area contributed by atoms with Crippen molar-refractivity contribution in [3.05, 3.63) is 29.8 Å². The Hall–Kier alpha value is -1.79. The lowest BCUT2D eigenvalue weighted by Gasteiger charge is -2.36. The summed E-state index contributed by atoms with van der Waals surface area (Å²) in [5, 5.41) is 3.02. The van der Waals surface area contributed by atoms with E-state index in [9.17, 15) is 9.59 Å². The van der Waals surface area contributed by atoms with E-state index in [4.69, 9.17) is 4.74 Å². The molecule has 1 atom stereocenters. The summed E-state index contributed by atoms with van der Waals surface area (Å²) in [6.07, 6.45) is 0. The second kappa shape index (κ2) is 9.49. The van der Waals surface area contributed by atoms with Crippen molar-refractivity contribution in [1.29, 1.82) is 0 Å². The molecule has 1 fully saturated rings. The van der Waals surface area contributed by atoms with Crippen LogP contribution < -0.4 is 10.1 Å². The second-order valence-corrected chi connectivity index (χ2v) is 5.80. The topological polar surface area (TPSA) is 61.9 Å². The van der Waals surface area contributed by atoms with Gasteiger partial charge in [-0.05, 0) is 31.3 Å². The summed E-state index contributed by atoms with van der Waals surface area (Å²) in [5.74, 6) is 0.846. The molecule has 1 unspecified atom stereocenters. The standard InChI is InChI=1S/C17H25N3O3.ClH/c1-13(12-18-2)16(21)19-8-10-20(11-9-19)17(22)14-4-6-15(23-3)7-5-14;/h4-7,13,18H,8-12H2,1-3H3;1H. The highest BCUT2D eigenvalue weighted by Crippen LogP contribution is 2.15. The van der Waals surface area contributed by atoms with Crippen LogP contribution in [0.1, 0.15) is 17.3 Å². The largest absolute Gasteiger partial charge is 0.497 e. The lowest BCUT2D eigenvalue weighted by atomic mass is 10.1. The quantitative estimate of drug-likeness (QED) is 0.863. The number of methoxy groups -OCH3 is 1. The molecule has 0 bridgehead atoms. The molecule has 1 aliphatic heterocycles. The smallest absolute Gasteiger partial charge is 0.253 e. The lowest BCUT2D eigenvalue weighted by Crippen LogP contribution is -2.52. The van der Waals surface area contributed by atoms with E-state index >= 15 is 0 Å². The fraction of sp³-hybridized carbons (Fsp3) is 0.529. The number of hydrogen-bond donors (Lipinski definition) is 1. The first kappa shape index (κ1) is 20.3. The molecule has 0 spiro atoms. The van der Waals surface area contributed by atoms with Crippen LogP contribution in [0.25, 0.3) is 0 Å². The van der Waals surface area contributed by atoms with E-state index in [0.717, 1.165) is 5.75 Å². The molecule has 7 heteroatoms. The predicted molar refractivity (Wildman–Crippen MR) is 95.8 cm³/mol. The molecule has 6 nitrogen and oxygen atoms in total. The summed E-state index contributed by atoms with van der Waals surface area (Å²) >= 11 is 0. The number of carbonyl (C=O) groups is 2. The van der Waals surface area contributed by atoms with Crippen LogP contribution >= 0.6 is 12.4 Å². The minimum absolute atomic E-state index is 0. The van der Waals surface area contributed by atoms with Gasteiger partial charge in [0.25, 0.3) is 5.91 Å². The van der Waals surface area contributed by atoms with Crippen molar-refractivity contribution in [3.63, 3.8) is 0 Å². The molecule has 0 saturated carbocycles. The summed E-state index contributed by atoms with van der Waals surface area (Å²) in [5.41, 5.74) is 0.647. The average Bonchev–Trinajstić information content (AvgIpc) is 2.61. The summed E-state index contributed by atoms with van der Waals surface area (Å²) in [6.45, 7) is 4.92. The number of benzene rings is 1. The van der Waals surface area contributed by atoms with E-state index in [1.807, 2.05) is 18.9 Å². The van der Waals surface area contributed by atoms with Crippen LogP contribution in [-0.2, 0) is 4.79 Å². The van der Waals surface area contributed by atoms with Crippen molar-refractivity contribution in [1.82, 2.24) is 15.1 Å². The lowest BCUT2D eigenvalue weighted by molar-refractivity contribution is -0.136. The third kappa shape index (κ3) is 4.85. The zero-order valence-corrected chi connectivity index (χ0v) is 15.3. The van der Waals surface area contributed by atoms with Gasteiger partial charge in [-0.3, -0.25) is 9.59 Å².